The summed E-state index contributed by atoms with van der Waals surface area (Å²) in [6.07, 6.45) is 0. The normalized spacial score (nSPS) is 20.7. The molecule has 0 heteroatoms. The van der Waals surface area contributed by atoms with Gasteiger partial charge in [-0.2, -0.15) is 0 Å². The third kappa shape index (κ3) is 4.17. The number of hydrogen-bond acceptors (Lipinski definition) is 0. The molecule has 0 bridgehead atoms. The van der Waals surface area contributed by atoms with Crippen molar-refractivity contribution in [2.45, 2.75) is 0 Å². The van der Waals surface area contributed by atoms with Crippen LogP contribution in [0.2, 0.25) is 0 Å². The van der Waals surface area contributed by atoms with E-state index in [-0.39, 0.29) is 0 Å². The topological polar surface area (TPSA) is 0 Å². The van der Waals surface area contributed by atoms with Gasteiger partial charge >= 0.3 is 0 Å². The molecule has 42 heavy (non-hydrogen) atoms. The molecule has 196 valence electrons. The molecular formula is C42H28. The quantitative estimate of drug-likeness (QED) is 0.188. The van der Waals surface area contributed by atoms with Crippen LogP contribution in [-0.4, -0.2) is 0 Å². The lowest BCUT2D eigenvalue weighted by Gasteiger charge is -2.19. The van der Waals surface area contributed by atoms with E-state index < -0.39 is 246 Å². The smallest absolute Gasteiger partial charge is 0.0622 e. The van der Waals surface area contributed by atoms with E-state index >= 15 is 0 Å². The van der Waals surface area contributed by atoms with Crippen molar-refractivity contribution in [3.8, 4) is 44.5 Å². The molecule has 0 atom stereocenters. The van der Waals surface area contributed by atoms with E-state index in [2.05, 4.69) is 0 Å². The standard InChI is InChI=1S/C42H28/c1-3-11-29(12-4-1)36-25-26-39-40(28-36)42(38-18-10-9-17-37(38)41(39)32-14-5-2-6-15-32)33-22-19-31(20-23-33)35-24-21-30-13-7-8-16-34(30)27-35/h1-28H/i1D,2D,3D,4D,5D,6D,7D,8D,9D,10D,11D,12D,13D,14D,15D,16D,17D,18D,19D,20D,21D,22D,23D,24D,25D,26D,27D,28D. The van der Waals surface area contributed by atoms with Crippen LogP contribution >= 0.6 is 0 Å². The van der Waals surface area contributed by atoms with Crippen LogP contribution in [-0.2, 0) is 0 Å². The summed E-state index contributed by atoms with van der Waals surface area (Å²) in [5.74, 6) is 0. The van der Waals surface area contributed by atoms with Crippen molar-refractivity contribution in [2.75, 3.05) is 0 Å². The van der Waals surface area contributed by atoms with Gasteiger partial charge in [0.15, 0.2) is 0 Å². The van der Waals surface area contributed by atoms with Crippen molar-refractivity contribution in [2.24, 2.45) is 0 Å². The summed E-state index contributed by atoms with van der Waals surface area (Å²) >= 11 is 0. The molecule has 8 rings (SSSR count). The lowest BCUT2D eigenvalue weighted by molar-refractivity contribution is 1.62. The first-order valence-electron chi connectivity index (χ1n) is 26.2. The van der Waals surface area contributed by atoms with Gasteiger partial charge in [0, 0.05) is 0 Å². The van der Waals surface area contributed by atoms with Crippen LogP contribution in [0.1, 0.15) is 38.4 Å². The van der Waals surface area contributed by atoms with Crippen molar-refractivity contribution in [1.29, 1.82) is 0 Å². The van der Waals surface area contributed by atoms with Crippen LogP contribution in [0.25, 0.3) is 76.8 Å². The van der Waals surface area contributed by atoms with E-state index in [0.29, 0.717) is 0 Å². The Kier molecular flexibility index (Phi) is 2.19. The van der Waals surface area contributed by atoms with Crippen molar-refractivity contribution >= 4 is 32.3 Å². The molecule has 0 aliphatic heterocycles. The highest BCUT2D eigenvalue weighted by molar-refractivity contribution is 6.22. The lowest BCUT2D eigenvalue weighted by Crippen LogP contribution is -1.92. The summed E-state index contributed by atoms with van der Waals surface area (Å²) in [6.45, 7) is 0. The predicted molar refractivity (Wildman–Crippen MR) is 181 cm³/mol. The first-order valence-corrected chi connectivity index (χ1v) is 12.2. The molecule has 0 heterocycles. The minimum atomic E-state index is -1.15. The molecule has 0 fully saturated rings. The maximum absolute atomic E-state index is 9.85. The zero-order chi connectivity index (χ0) is 52.2. The van der Waals surface area contributed by atoms with Crippen LogP contribution in [0.5, 0.6) is 0 Å². The minimum absolute atomic E-state index is 0.555. The number of hydrogen-bond donors (Lipinski definition) is 0. The molecule has 0 N–H and O–H groups in total. The monoisotopic (exact) mass is 560 g/mol. The number of benzene rings is 8. The van der Waals surface area contributed by atoms with Gasteiger partial charge in [-0.05, 0) is 88.9 Å². The molecular weight excluding hydrogens is 504 g/mol. The van der Waals surface area contributed by atoms with Crippen molar-refractivity contribution < 1.29 is 38.4 Å². The molecule has 0 aliphatic rings. The summed E-state index contributed by atoms with van der Waals surface area (Å²) in [4.78, 5) is 0. The van der Waals surface area contributed by atoms with Crippen molar-refractivity contribution in [1.82, 2.24) is 0 Å². The fourth-order valence-electron chi connectivity index (χ4n) is 4.56. The van der Waals surface area contributed by atoms with E-state index in [4.69, 9.17) is 26.0 Å². The fourth-order valence-corrected chi connectivity index (χ4v) is 4.56. The number of rotatable bonds is 4. The Bertz CT molecular complexity index is 3710. The lowest BCUT2D eigenvalue weighted by atomic mass is 9.84. The van der Waals surface area contributed by atoms with Crippen molar-refractivity contribution in [3.05, 3.63) is 169 Å². The highest BCUT2D eigenvalue weighted by atomic mass is 14.2. The predicted octanol–water partition coefficient (Wildman–Crippen LogP) is 11.8. The average molecular weight is 561 g/mol. The van der Waals surface area contributed by atoms with Gasteiger partial charge in [0.25, 0.3) is 0 Å². The Morgan fingerprint density at radius 1 is 0.262 bits per heavy atom. The maximum Gasteiger partial charge on any atom is 0.0636 e. The second-order valence-electron chi connectivity index (χ2n) is 8.75. The third-order valence-electron chi connectivity index (χ3n) is 6.38. The van der Waals surface area contributed by atoms with E-state index in [1.165, 1.54) is 0 Å². The van der Waals surface area contributed by atoms with E-state index in [1.54, 1.807) is 0 Å². The van der Waals surface area contributed by atoms with Crippen molar-refractivity contribution in [3.63, 3.8) is 0 Å². The summed E-state index contributed by atoms with van der Waals surface area (Å²) in [5.41, 5.74) is -6.71. The Morgan fingerprint density at radius 3 is 1.40 bits per heavy atom. The Morgan fingerprint density at radius 2 is 0.690 bits per heavy atom. The van der Waals surface area contributed by atoms with Gasteiger partial charge in [0.2, 0.25) is 0 Å². The van der Waals surface area contributed by atoms with Gasteiger partial charge in [0.1, 0.15) is 0 Å². The number of fused-ring (bicyclic) bond motifs is 3. The second kappa shape index (κ2) is 10.2. The minimum Gasteiger partial charge on any atom is -0.0622 e. The molecule has 0 spiro atoms. The van der Waals surface area contributed by atoms with Gasteiger partial charge in [-0.15, -0.1) is 0 Å². The second-order valence-corrected chi connectivity index (χ2v) is 8.75. The molecule has 0 aromatic heterocycles. The largest absolute Gasteiger partial charge is 0.0636 e. The third-order valence-corrected chi connectivity index (χ3v) is 6.38. The molecule has 0 saturated carbocycles. The molecule has 0 saturated heterocycles. The van der Waals surface area contributed by atoms with Crippen LogP contribution in [0, 0.1) is 0 Å². The Balaban J connectivity index is 1.72. The maximum atomic E-state index is 9.85. The molecule has 0 radical (unpaired) electrons. The molecule has 0 aliphatic carbocycles. The van der Waals surface area contributed by atoms with Gasteiger partial charge in [-0.1, -0.05) is 157 Å². The summed E-state index contributed by atoms with van der Waals surface area (Å²) in [5, 5.41) is -4.37. The fraction of sp³-hybridized carbons (Fsp3) is 0. The zero-order valence-corrected chi connectivity index (χ0v) is 21.0. The van der Waals surface area contributed by atoms with Gasteiger partial charge in [-0.3, -0.25) is 0 Å². The first kappa shape index (κ1) is 9.02. The first-order chi connectivity index (χ1) is 32.5. The molecule has 8 aromatic carbocycles. The van der Waals surface area contributed by atoms with Gasteiger partial charge < -0.3 is 0 Å². The van der Waals surface area contributed by atoms with E-state index in [9.17, 15) is 12.3 Å². The van der Waals surface area contributed by atoms with E-state index in [1.807, 2.05) is 0 Å². The Labute approximate surface area is 285 Å². The summed E-state index contributed by atoms with van der Waals surface area (Å²) in [6, 6.07) is -27.4. The van der Waals surface area contributed by atoms with Gasteiger partial charge in [0.05, 0.1) is 38.4 Å². The van der Waals surface area contributed by atoms with Crippen LogP contribution < -0.4 is 0 Å². The van der Waals surface area contributed by atoms with Crippen LogP contribution in [0.15, 0.2) is 169 Å². The molecule has 8 aromatic rings. The molecule has 0 amide bonds. The van der Waals surface area contributed by atoms with Gasteiger partial charge in [-0.25, -0.2) is 0 Å². The Hall–Kier alpha value is -5.46. The van der Waals surface area contributed by atoms with E-state index in [0.717, 1.165) is 0 Å². The van der Waals surface area contributed by atoms with Crippen LogP contribution in [0.3, 0.4) is 0 Å². The summed E-state index contributed by atoms with van der Waals surface area (Å²) < 4.78 is 249. The highest BCUT2D eigenvalue weighted by Crippen LogP contribution is 2.45. The van der Waals surface area contributed by atoms with Crippen LogP contribution in [0.4, 0.5) is 0 Å². The molecule has 0 unspecified atom stereocenters. The summed E-state index contributed by atoms with van der Waals surface area (Å²) in [7, 11) is 0. The molecule has 0 nitrogen and oxygen atoms in total. The average Bonchev–Trinajstić information content (AvgIpc) is 3.32. The zero-order valence-electron chi connectivity index (χ0n) is 49.0. The highest BCUT2D eigenvalue weighted by Gasteiger charge is 2.17. The SMILES string of the molecule is [2H]c1c([2H])c([2H])c(-c2c([2H])c([2H])c3c(-c4c([2H])c([2H])c([2H])c([2H])c4[2H])c4c([2H])c([2H])c([2H])c([2H])c4c(-c4c([2H])c([2H])c(-c5c([2H])c([2H])c6c([2H])c([2H])c([2H])c([2H])c6c5[2H])c([2H])c4[2H])c3c2[2H])c([2H])c1[2H].